The van der Waals surface area contributed by atoms with E-state index in [9.17, 15) is 0 Å². The zero-order valence-electron chi connectivity index (χ0n) is 4.22. The molecule has 1 aromatic rings. The van der Waals surface area contributed by atoms with Crippen LogP contribution in [0.25, 0.3) is 0 Å². The van der Waals surface area contributed by atoms with Gasteiger partial charge in [-0.25, -0.2) is 0 Å². The van der Waals surface area contributed by atoms with E-state index in [1.807, 2.05) is 0 Å². The summed E-state index contributed by atoms with van der Waals surface area (Å²) in [5, 5.41) is 0.238. The van der Waals surface area contributed by atoms with Gasteiger partial charge in [0.1, 0.15) is 0 Å². The highest BCUT2D eigenvalue weighted by Gasteiger charge is 1.96. The molecule has 44 valence electrons. The van der Waals surface area contributed by atoms with Gasteiger partial charge in [-0.2, -0.15) is 4.98 Å². The molecule has 1 aromatic heterocycles. The van der Waals surface area contributed by atoms with Crippen LogP contribution in [0.3, 0.4) is 0 Å². The molecule has 0 N–H and O–H groups in total. The first-order chi connectivity index (χ1) is 3.83. The van der Waals surface area contributed by atoms with Crippen molar-refractivity contribution in [2.75, 3.05) is 7.11 Å². The molecular weight excluding hydrogens is 130 g/mol. The largest absolute Gasteiger partial charge is 0.453 e. The Hall–Kier alpha value is -0.700. The normalized spacial score (nSPS) is 9.25. The quantitative estimate of drug-likeness (QED) is 0.580. The Labute approximate surface area is 51.2 Å². The molecule has 8 heavy (non-hydrogen) atoms. The zero-order valence-corrected chi connectivity index (χ0v) is 4.97. The maximum absolute atomic E-state index is 5.33. The van der Waals surface area contributed by atoms with Crippen molar-refractivity contribution in [3.63, 3.8) is 0 Å². The van der Waals surface area contributed by atoms with Gasteiger partial charge in [-0.3, -0.25) is 0 Å². The molecule has 0 amide bonds. The van der Waals surface area contributed by atoms with Crippen LogP contribution in [-0.2, 0) is 0 Å². The van der Waals surface area contributed by atoms with E-state index in [1.165, 1.54) is 13.3 Å². The number of aromatic nitrogens is 1. The van der Waals surface area contributed by atoms with Crippen LogP contribution in [0, 0.1) is 0 Å². The summed E-state index contributed by atoms with van der Waals surface area (Å²) >= 11 is 5.33. The molecule has 0 saturated heterocycles. The lowest BCUT2D eigenvalue weighted by atomic mass is 11.0. The summed E-state index contributed by atoms with van der Waals surface area (Å²) < 4.78 is 9.24. The molecule has 0 aliphatic carbocycles. The number of hydrogen-bond donors (Lipinski definition) is 0. The van der Waals surface area contributed by atoms with Gasteiger partial charge >= 0.3 is 6.08 Å². The fourth-order valence-electron chi connectivity index (χ4n) is 0.334. The van der Waals surface area contributed by atoms with Gasteiger partial charge in [0, 0.05) is 0 Å². The first-order valence-electron chi connectivity index (χ1n) is 1.98. The second-order valence-electron chi connectivity index (χ2n) is 1.13. The molecule has 4 heteroatoms. The highest BCUT2D eigenvalue weighted by Crippen LogP contribution is 2.14. The topological polar surface area (TPSA) is 35.3 Å². The third-order valence-corrected chi connectivity index (χ3v) is 0.806. The summed E-state index contributed by atoms with van der Waals surface area (Å²) in [7, 11) is 1.46. The SMILES string of the molecule is COc1ncc(Cl)o1. The van der Waals surface area contributed by atoms with Crippen LogP contribution in [0.4, 0.5) is 0 Å². The summed E-state index contributed by atoms with van der Waals surface area (Å²) in [6.45, 7) is 0. The Morgan fingerprint density at radius 1 is 1.88 bits per heavy atom. The van der Waals surface area contributed by atoms with Gasteiger partial charge < -0.3 is 9.15 Å². The molecule has 0 fully saturated rings. The lowest BCUT2D eigenvalue weighted by molar-refractivity contribution is 0.290. The number of halogens is 1. The fraction of sp³-hybridized carbons (Fsp3) is 0.250. The van der Waals surface area contributed by atoms with Crippen LogP contribution in [0.1, 0.15) is 0 Å². The highest BCUT2D eigenvalue weighted by molar-refractivity contribution is 6.28. The van der Waals surface area contributed by atoms with E-state index in [4.69, 9.17) is 11.6 Å². The van der Waals surface area contributed by atoms with E-state index in [2.05, 4.69) is 14.1 Å². The van der Waals surface area contributed by atoms with Crippen molar-refractivity contribution < 1.29 is 9.15 Å². The maximum atomic E-state index is 5.33. The number of ether oxygens (including phenoxy) is 1. The van der Waals surface area contributed by atoms with E-state index in [-0.39, 0.29) is 11.3 Å². The van der Waals surface area contributed by atoms with Crippen LogP contribution in [0.2, 0.25) is 5.22 Å². The molecule has 0 aliphatic heterocycles. The average molecular weight is 134 g/mol. The molecule has 0 aromatic carbocycles. The van der Waals surface area contributed by atoms with Gasteiger partial charge in [0.15, 0.2) is 0 Å². The Kier molecular flexibility index (Phi) is 1.39. The maximum Gasteiger partial charge on any atom is 0.394 e. The minimum absolute atomic E-state index is 0.190. The number of hydrogen-bond acceptors (Lipinski definition) is 3. The lowest BCUT2D eigenvalue weighted by Crippen LogP contribution is -1.78. The Balaban J connectivity index is 2.84. The minimum atomic E-state index is 0.190. The molecule has 0 bridgehead atoms. The number of nitrogens with zero attached hydrogens (tertiary/aromatic N) is 1. The van der Waals surface area contributed by atoms with Crippen molar-refractivity contribution in [2.45, 2.75) is 0 Å². The van der Waals surface area contributed by atoms with Crippen LogP contribution in [-0.4, -0.2) is 12.1 Å². The molecule has 0 unspecified atom stereocenters. The van der Waals surface area contributed by atoms with Gasteiger partial charge in [-0.05, 0) is 11.6 Å². The molecule has 0 radical (unpaired) electrons. The van der Waals surface area contributed by atoms with Crippen molar-refractivity contribution in [2.24, 2.45) is 0 Å². The highest BCUT2D eigenvalue weighted by atomic mass is 35.5. The van der Waals surface area contributed by atoms with Crippen LogP contribution >= 0.6 is 11.6 Å². The second kappa shape index (κ2) is 2.05. The number of rotatable bonds is 1. The summed E-state index contributed by atoms with van der Waals surface area (Å²) in [6, 6.07) is 0. The Morgan fingerprint density at radius 2 is 2.62 bits per heavy atom. The molecular formula is C4H4ClNO2. The van der Waals surface area contributed by atoms with Crippen molar-refractivity contribution in [3.8, 4) is 6.08 Å². The van der Waals surface area contributed by atoms with Gasteiger partial charge in [-0.1, -0.05) is 0 Å². The number of oxazole rings is 1. The first-order valence-corrected chi connectivity index (χ1v) is 2.36. The second-order valence-corrected chi connectivity index (χ2v) is 1.51. The van der Waals surface area contributed by atoms with Crippen molar-refractivity contribution in [1.82, 2.24) is 4.98 Å². The third-order valence-electron chi connectivity index (χ3n) is 0.631. The van der Waals surface area contributed by atoms with Gasteiger partial charge in [0.2, 0.25) is 5.22 Å². The predicted octanol–water partition coefficient (Wildman–Crippen LogP) is 1.34. The molecule has 0 spiro atoms. The van der Waals surface area contributed by atoms with E-state index in [1.54, 1.807) is 0 Å². The Bertz CT molecular complexity index is 174. The summed E-state index contributed by atoms with van der Waals surface area (Å²) in [4.78, 5) is 3.61. The summed E-state index contributed by atoms with van der Waals surface area (Å²) in [6.07, 6.45) is 1.57. The van der Waals surface area contributed by atoms with Crippen LogP contribution in [0.15, 0.2) is 10.6 Å². The summed E-state index contributed by atoms with van der Waals surface area (Å²) in [5.74, 6) is 0. The van der Waals surface area contributed by atoms with E-state index in [0.717, 1.165) is 0 Å². The molecule has 1 heterocycles. The smallest absolute Gasteiger partial charge is 0.394 e. The van der Waals surface area contributed by atoms with Crippen LogP contribution in [0.5, 0.6) is 6.08 Å². The zero-order chi connectivity index (χ0) is 5.98. The molecule has 0 atom stereocenters. The van der Waals surface area contributed by atoms with Gasteiger partial charge in [0.05, 0.1) is 13.3 Å². The lowest BCUT2D eigenvalue weighted by Gasteiger charge is -1.84. The van der Waals surface area contributed by atoms with Crippen molar-refractivity contribution in [1.29, 1.82) is 0 Å². The van der Waals surface area contributed by atoms with Gasteiger partial charge in [-0.15, -0.1) is 0 Å². The van der Waals surface area contributed by atoms with E-state index in [0.29, 0.717) is 0 Å². The Morgan fingerprint density at radius 3 is 2.88 bits per heavy atom. The number of methoxy groups -OCH3 is 1. The molecule has 1 rings (SSSR count). The fourth-order valence-corrected chi connectivity index (χ4v) is 0.449. The minimum Gasteiger partial charge on any atom is -0.453 e. The van der Waals surface area contributed by atoms with Crippen molar-refractivity contribution >= 4 is 11.6 Å². The summed E-state index contributed by atoms with van der Waals surface area (Å²) in [5.41, 5.74) is 0. The van der Waals surface area contributed by atoms with E-state index >= 15 is 0 Å². The standard InChI is InChI=1S/C4H4ClNO2/c1-7-4-6-2-3(5)8-4/h2H,1H3. The van der Waals surface area contributed by atoms with Crippen LogP contribution < -0.4 is 4.74 Å². The average Bonchev–Trinajstić information content (AvgIpc) is 2.14. The third kappa shape index (κ3) is 0.924. The predicted molar refractivity (Wildman–Crippen MR) is 28.1 cm³/mol. The van der Waals surface area contributed by atoms with Gasteiger partial charge in [0.25, 0.3) is 0 Å². The monoisotopic (exact) mass is 133 g/mol. The molecule has 3 nitrogen and oxygen atoms in total. The molecule has 0 saturated carbocycles. The first kappa shape index (κ1) is 5.44. The molecule has 0 aliphatic rings. The van der Waals surface area contributed by atoms with E-state index < -0.39 is 0 Å². The van der Waals surface area contributed by atoms with Crippen molar-refractivity contribution in [3.05, 3.63) is 11.4 Å².